The first-order valence-electron chi connectivity index (χ1n) is 7.86. The average molecular weight is 422 g/mol. The molecule has 0 aliphatic heterocycles. The zero-order valence-electron chi connectivity index (χ0n) is 13.3. The number of aromatic nitrogens is 1. The SMILES string of the molecule is CCNC(=NCc1ccccn1)NC1CC1c1ccccc1.I. The van der Waals surface area contributed by atoms with E-state index in [0.29, 0.717) is 18.5 Å². The van der Waals surface area contributed by atoms with E-state index in [9.17, 15) is 0 Å². The summed E-state index contributed by atoms with van der Waals surface area (Å²) in [7, 11) is 0. The van der Waals surface area contributed by atoms with Crippen LogP contribution < -0.4 is 10.6 Å². The number of benzene rings is 1. The lowest BCUT2D eigenvalue weighted by atomic mass is 10.1. The molecule has 0 radical (unpaired) electrons. The van der Waals surface area contributed by atoms with E-state index in [1.807, 2.05) is 18.2 Å². The van der Waals surface area contributed by atoms with E-state index < -0.39 is 0 Å². The maximum absolute atomic E-state index is 4.62. The van der Waals surface area contributed by atoms with Crippen LogP contribution in [0.3, 0.4) is 0 Å². The van der Waals surface area contributed by atoms with Crippen molar-refractivity contribution in [3.8, 4) is 0 Å². The molecule has 1 aromatic heterocycles. The molecule has 1 saturated carbocycles. The lowest BCUT2D eigenvalue weighted by Gasteiger charge is -2.11. The van der Waals surface area contributed by atoms with Crippen LogP contribution in [0.25, 0.3) is 0 Å². The van der Waals surface area contributed by atoms with E-state index in [1.165, 1.54) is 5.56 Å². The molecule has 1 aromatic carbocycles. The third kappa shape index (κ3) is 5.20. The van der Waals surface area contributed by atoms with E-state index in [2.05, 4.69) is 57.9 Å². The molecule has 2 N–H and O–H groups in total. The van der Waals surface area contributed by atoms with Gasteiger partial charge in [0.1, 0.15) is 0 Å². The van der Waals surface area contributed by atoms with Crippen molar-refractivity contribution in [2.45, 2.75) is 31.8 Å². The Balaban J connectivity index is 0.00000192. The molecule has 0 amide bonds. The molecule has 5 heteroatoms. The molecule has 3 rings (SSSR count). The second kappa shape index (κ2) is 8.86. The van der Waals surface area contributed by atoms with E-state index in [0.717, 1.165) is 24.6 Å². The van der Waals surface area contributed by atoms with Gasteiger partial charge >= 0.3 is 0 Å². The minimum atomic E-state index is 0. The summed E-state index contributed by atoms with van der Waals surface area (Å²) in [6.45, 7) is 3.54. The highest BCUT2D eigenvalue weighted by Gasteiger charge is 2.38. The predicted molar refractivity (Wildman–Crippen MR) is 105 cm³/mol. The van der Waals surface area contributed by atoms with Crippen LogP contribution in [0.4, 0.5) is 0 Å². The topological polar surface area (TPSA) is 49.3 Å². The Morgan fingerprint density at radius 1 is 1.17 bits per heavy atom. The van der Waals surface area contributed by atoms with Crippen LogP contribution >= 0.6 is 24.0 Å². The summed E-state index contributed by atoms with van der Waals surface area (Å²) in [4.78, 5) is 8.93. The van der Waals surface area contributed by atoms with Crippen molar-refractivity contribution in [3.63, 3.8) is 0 Å². The summed E-state index contributed by atoms with van der Waals surface area (Å²) in [6.07, 6.45) is 2.97. The first-order valence-corrected chi connectivity index (χ1v) is 7.86. The molecule has 4 nitrogen and oxygen atoms in total. The molecule has 122 valence electrons. The van der Waals surface area contributed by atoms with Gasteiger partial charge in [-0.15, -0.1) is 24.0 Å². The van der Waals surface area contributed by atoms with Crippen molar-refractivity contribution in [2.75, 3.05) is 6.54 Å². The van der Waals surface area contributed by atoms with Crippen molar-refractivity contribution >= 4 is 29.9 Å². The van der Waals surface area contributed by atoms with E-state index in [4.69, 9.17) is 0 Å². The molecule has 1 aliphatic carbocycles. The minimum Gasteiger partial charge on any atom is -0.357 e. The lowest BCUT2D eigenvalue weighted by Crippen LogP contribution is -2.39. The molecule has 0 saturated heterocycles. The summed E-state index contributed by atoms with van der Waals surface area (Å²) in [6, 6.07) is 17.0. The van der Waals surface area contributed by atoms with Gasteiger partial charge in [0.15, 0.2) is 5.96 Å². The fraction of sp³-hybridized carbons (Fsp3) is 0.333. The van der Waals surface area contributed by atoms with Gasteiger partial charge in [-0.3, -0.25) is 4.98 Å². The van der Waals surface area contributed by atoms with Crippen LogP contribution in [0.2, 0.25) is 0 Å². The fourth-order valence-corrected chi connectivity index (χ4v) is 2.57. The van der Waals surface area contributed by atoms with Crippen molar-refractivity contribution < 1.29 is 0 Å². The van der Waals surface area contributed by atoms with Crippen LogP contribution in [0, 0.1) is 0 Å². The van der Waals surface area contributed by atoms with Gasteiger partial charge in [0, 0.05) is 24.7 Å². The van der Waals surface area contributed by atoms with Crippen LogP contribution in [0.5, 0.6) is 0 Å². The highest BCUT2D eigenvalue weighted by Crippen LogP contribution is 2.40. The van der Waals surface area contributed by atoms with E-state index >= 15 is 0 Å². The van der Waals surface area contributed by atoms with Gasteiger partial charge in [0.2, 0.25) is 0 Å². The number of nitrogens with one attached hydrogen (secondary N) is 2. The zero-order chi connectivity index (χ0) is 15.2. The van der Waals surface area contributed by atoms with Crippen molar-refractivity contribution in [1.29, 1.82) is 0 Å². The molecule has 1 fully saturated rings. The number of aliphatic imine (C=N–C) groups is 1. The van der Waals surface area contributed by atoms with Crippen LogP contribution in [0.1, 0.15) is 30.5 Å². The second-order valence-corrected chi connectivity index (χ2v) is 5.52. The Morgan fingerprint density at radius 3 is 2.65 bits per heavy atom. The number of hydrogen-bond donors (Lipinski definition) is 2. The van der Waals surface area contributed by atoms with Gasteiger partial charge < -0.3 is 10.6 Å². The smallest absolute Gasteiger partial charge is 0.191 e. The third-order valence-electron chi connectivity index (χ3n) is 3.81. The van der Waals surface area contributed by atoms with Gasteiger partial charge in [-0.25, -0.2) is 4.99 Å². The number of rotatable bonds is 5. The molecular weight excluding hydrogens is 399 g/mol. The van der Waals surface area contributed by atoms with Gasteiger partial charge in [-0.1, -0.05) is 36.4 Å². The molecule has 2 atom stereocenters. The molecule has 1 aliphatic rings. The molecule has 0 bridgehead atoms. The predicted octanol–water partition coefficient (Wildman–Crippen LogP) is 3.31. The highest BCUT2D eigenvalue weighted by atomic mass is 127. The molecule has 2 aromatic rings. The Kier molecular flexibility index (Phi) is 6.83. The summed E-state index contributed by atoms with van der Waals surface area (Å²) < 4.78 is 0. The number of halogens is 1. The standard InChI is InChI=1S/C18H22N4.HI/c1-2-19-18(21-13-15-10-6-7-11-20-15)22-17-12-16(17)14-8-4-3-5-9-14;/h3-11,16-17H,2,12-13H2,1H3,(H2,19,21,22);1H. The lowest BCUT2D eigenvalue weighted by molar-refractivity contribution is 0.792. The molecular formula is C18H23IN4. The average Bonchev–Trinajstić information content (AvgIpc) is 3.34. The summed E-state index contributed by atoms with van der Waals surface area (Å²) >= 11 is 0. The van der Waals surface area contributed by atoms with Crippen molar-refractivity contribution in [1.82, 2.24) is 15.6 Å². The van der Waals surface area contributed by atoms with Gasteiger partial charge in [-0.05, 0) is 31.0 Å². The maximum Gasteiger partial charge on any atom is 0.191 e. The van der Waals surface area contributed by atoms with Crippen molar-refractivity contribution in [3.05, 3.63) is 66.0 Å². The fourth-order valence-electron chi connectivity index (χ4n) is 2.57. The van der Waals surface area contributed by atoms with Gasteiger partial charge in [0.05, 0.1) is 12.2 Å². The highest BCUT2D eigenvalue weighted by molar-refractivity contribution is 14.0. The number of nitrogens with zero attached hydrogens (tertiary/aromatic N) is 2. The van der Waals surface area contributed by atoms with Crippen LogP contribution in [-0.4, -0.2) is 23.5 Å². The molecule has 0 spiro atoms. The largest absolute Gasteiger partial charge is 0.357 e. The molecule has 1 heterocycles. The summed E-state index contributed by atoms with van der Waals surface area (Å²) in [5.41, 5.74) is 2.38. The minimum absolute atomic E-state index is 0. The third-order valence-corrected chi connectivity index (χ3v) is 3.81. The number of guanidine groups is 1. The first kappa shape index (κ1) is 17.7. The number of hydrogen-bond acceptors (Lipinski definition) is 2. The molecule has 23 heavy (non-hydrogen) atoms. The van der Waals surface area contributed by atoms with Crippen LogP contribution in [0.15, 0.2) is 59.7 Å². The van der Waals surface area contributed by atoms with E-state index in [1.54, 1.807) is 6.20 Å². The zero-order valence-corrected chi connectivity index (χ0v) is 15.6. The Morgan fingerprint density at radius 2 is 1.96 bits per heavy atom. The van der Waals surface area contributed by atoms with E-state index in [-0.39, 0.29) is 24.0 Å². The second-order valence-electron chi connectivity index (χ2n) is 5.52. The Bertz CT molecular complexity index is 615. The maximum atomic E-state index is 4.62. The van der Waals surface area contributed by atoms with Gasteiger partial charge in [-0.2, -0.15) is 0 Å². The number of pyridine rings is 1. The summed E-state index contributed by atoms with van der Waals surface area (Å²) in [5, 5.41) is 6.83. The Hall–Kier alpha value is -1.63. The summed E-state index contributed by atoms with van der Waals surface area (Å²) in [5.74, 6) is 1.47. The van der Waals surface area contributed by atoms with Crippen molar-refractivity contribution in [2.24, 2.45) is 4.99 Å². The first-order chi connectivity index (χ1) is 10.9. The normalized spacial score (nSPS) is 19.6. The van der Waals surface area contributed by atoms with Crippen LogP contribution in [-0.2, 0) is 6.54 Å². The molecule has 2 unspecified atom stereocenters. The van der Waals surface area contributed by atoms with Gasteiger partial charge in [0.25, 0.3) is 0 Å². The Labute approximate surface area is 154 Å². The quantitative estimate of drug-likeness (QED) is 0.442. The monoisotopic (exact) mass is 422 g/mol.